The molecule has 2 aromatic rings. The zero-order valence-corrected chi connectivity index (χ0v) is 10.9. The Kier molecular flexibility index (Phi) is 4.00. The van der Waals surface area contributed by atoms with Crippen LogP contribution in [0.4, 0.5) is 5.69 Å². The van der Waals surface area contributed by atoms with Gasteiger partial charge in [0, 0.05) is 19.2 Å². The van der Waals surface area contributed by atoms with Crippen LogP contribution >= 0.6 is 11.6 Å². The number of carbonyl (C=O) groups is 1. The summed E-state index contributed by atoms with van der Waals surface area (Å²) in [5, 5.41) is 0.595. The molecule has 0 unspecified atom stereocenters. The largest absolute Gasteiger partial charge is 0.369 e. The fourth-order valence-electron chi connectivity index (χ4n) is 1.85. The van der Waals surface area contributed by atoms with Crippen LogP contribution in [0.5, 0.6) is 0 Å². The Morgan fingerprint density at radius 3 is 2.50 bits per heavy atom. The van der Waals surface area contributed by atoms with Crippen molar-refractivity contribution in [3.8, 4) is 0 Å². The molecule has 0 atom stereocenters. The second kappa shape index (κ2) is 5.69. The van der Waals surface area contributed by atoms with Gasteiger partial charge in [0.05, 0.1) is 10.7 Å². The first-order valence-corrected chi connectivity index (χ1v) is 6.08. The van der Waals surface area contributed by atoms with Gasteiger partial charge in [0.1, 0.15) is 6.29 Å². The minimum Gasteiger partial charge on any atom is -0.369 e. The normalized spacial score (nSPS) is 10.1. The second-order valence-corrected chi connectivity index (χ2v) is 4.58. The molecule has 0 bridgehead atoms. The standard InChI is InChI=1S/C15H14ClNO/c1-17(10-12-5-3-2-4-6-12)15-8-7-13(11-18)9-14(15)16/h2-9,11H,10H2,1H3. The molecule has 0 aliphatic rings. The number of nitrogens with zero attached hydrogens (tertiary/aromatic N) is 1. The van der Waals surface area contributed by atoms with Gasteiger partial charge in [-0.3, -0.25) is 4.79 Å². The van der Waals surface area contributed by atoms with Crippen molar-refractivity contribution in [2.75, 3.05) is 11.9 Å². The Hall–Kier alpha value is -1.80. The average Bonchev–Trinajstić information content (AvgIpc) is 2.39. The van der Waals surface area contributed by atoms with Gasteiger partial charge >= 0.3 is 0 Å². The van der Waals surface area contributed by atoms with Crippen molar-refractivity contribution in [1.82, 2.24) is 0 Å². The van der Waals surface area contributed by atoms with Crippen LogP contribution in [-0.2, 0) is 6.54 Å². The Labute approximate surface area is 112 Å². The van der Waals surface area contributed by atoms with E-state index in [-0.39, 0.29) is 0 Å². The van der Waals surface area contributed by atoms with Gasteiger partial charge < -0.3 is 4.90 Å². The van der Waals surface area contributed by atoms with Crippen molar-refractivity contribution in [3.05, 3.63) is 64.7 Å². The summed E-state index contributed by atoms with van der Waals surface area (Å²) >= 11 is 6.17. The molecule has 0 N–H and O–H groups in total. The quantitative estimate of drug-likeness (QED) is 0.779. The molecule has 2 aromatic carbocycles. The fraction of sp³-hybridized carbons (Fsp3) is 0.133. The van der Waals surface area contributed by atoms with E-state index in [4.69, 9.17) is 11.6 Å². The van der Waals surface area contributed by atoms with Gasteiger partial charge in [-0.1, -0.05) is 41.9 Å². The van der Waals surface area contributed by atoms with Crippen molar-refractivity contribution in [2.45, 2.75) is 6.54 Å². The third-order valence-electron chi connectivity index (χ3n) is 2.78. The number of halogens is 1. The Balaban J connectivity index is 2.19. The fourth-order valence-corrected chi connectivity index (χ4v) is 2.18. The van der Waals surface area contributed by atoms with E-state index in [1.807, 2.05) is 31.3 Å². The van der Waals surface area contributed by atoms with E-state index in [0.29, 0.717) is 10.6 Å². The molecule has 0 saturated heterocycles. The highest BCUT2D eigenvalue weighted by atomic mass is 35.5. The minimum absolute atomic E-state index is 0.594. The van der Waals surface area contributed by atoms with Gasteiger partial charge in [0.25, 0.3) is 0 Å². The zero-order valence-electron chi connectivity index (χ0n) is 10.1. The highest BCUT2D eigenvalue weighted by molar-refractivity contribution is 6.33. The molecule has 0 aliphatic carbocycles. The van der Waals surface area contributed by atoms with E-state index in [1.54, 1.807) is 12.1 Å². The maximum absolute atomic E-state index is 10.7. The first kappa shape index (κ1) is 12.7. The van der Waals surface area contributed by atoms with Crippen LogP contribution in [0.15, 0.2) is 48.5 Å². The number of anilines is 1. The molecule has 92 valence electrons. The lowest BCUT2D eigenvalue weighted by atomic mass is 10.2. The van der Waals surface area contributed by atoms with E-state index >= 15 is 0 Å². The van der Waals surface area contributed by atoms with Gasteiger partial charge in [0.15, 0.2) is 0 Å². The van der Waals surface area contributed by atoms with E-state index in [0.717, 1.165) is 18.5 Å². The monoisotopic (exact) mass is 259 g/mol. The van der Waals surface area contributed by atoms with E-state index in [9.17, 15) is 4.79 Å². The highest BCUT2D eigenvalue weighted by Gasteiger charge is 2.07. The smallest absolute Gasteiger partial charge is 0.150 e. The maximum atomic E-state index is 10.7. The SMILES string of the molecule is CN(Cc1ccccc1)c1ccc(C=O)cc1Cl. The number of rotatable bonds is 4. The van der Waals surface area contributed by atoms with Crippen LogP contribution in [0.25, 0.3) is 0 Å². The predicted octanol–water partition coefficient (Wildman–Crippen LogP) is 3.79. The number of hydrogen-bond donors (Lipinski definition) is 0. The molecule has 0 heterocycles. The molecule has 0 aliphatic heterocycles. The molecule has 0 saturated carbocycles. The van der Waals surface area contributed by atoms with Gasteiger partial charge in [-0.25, -0.2) is 0 Å². The summed E-state index contributed by atoms with van der Waals surface area (Å²) < 4.78 is 0. The van der Waals surface area contributed by atoms with Crippen molar-refractivity contribution in [2.24, 2.45) is 0 Å². The summed E-state index contributed by atoms with van der Waals surface area (Å²) in [5.74, 6) is 0. The van der Waals surface area contributed by atoms with Crippen LogP contribution in [-0.4, -0.2) is 13.3 Å². The molecule has 0 radical (unpaired) electrons. The van der Waals surface area contributed by atoms with Crippen LogP contribution in [0.2, 0.25) is 5.02 Å². The third kappa shape index (κ3) is 2.90. The van der Waals surface area contributed by atoms with Gasteiger partial charge in [0.2, 0.25) is 0 Å². The Bertz CT molecular complexity index is 539. The summed E-state index contributed by atoms with van der Waals surface area (Å²) in [7, 11) is 1.98. The summed E-state index contributed by atoms with van der Waals surface area (Å²) in [6.45, 7) is 0.779. The molecule has 2 rings (SSSR count). The number of benzene rings is 2. The molecule has 0 aromatic heterocycles. The molecule has 0 spiro atoms. The molecule has 18 heavy (non-hydrogen) atoms. The van der Waals surface area contributed by atoms with Crippen molar-refractivity contribution in [3.63, 3.8) is 0 Å². The molecule has 0 fully saturated rings. The van der Waals surface area contributed by atoms with E-state index < -0.39 is 0 Å². The number of carbonyl (C=O) groups excluding carboxylic acids is 1. The summed E-state index contributed by atoms with van der Waals surface area (Å²) in [5.41, 5.74) is 2.73. The lowest BCUT2D eigenvalue weighted by molar-refractivity contribution is 0.112. The van der Waals surface area contributed by atoms with E-state index in [2.05, 4.69) is 17.0 Å². The third-order valence-corrected chi connectivity index (χ3v) is 3.08. The van der Waals surface area contributed by atoms with Gasteiger partial charge in [-0.2, -0.15) is 0 Å². The molecular formula is C15H14ClNO. The van der Waals surface area contributed by atoms with Gasteiger partial charge in [-0.05, 0) is 23.8 Å². The van der Waals surface area contributed by atoms with Gasteiger partial charge in [-0.15, -0.1) is 0 Å². The van der Waals surface area contributed by atoms with E-state index in [1.165, 1.54) is 5.56 Å². The lowest BCUT2D eigenvalue weighted by Gasteiger charge is -2.20. The van der Waals surface area contributed by atoms with Crippen LogP contribution < -0.4 is 4.90 Å². The van der Waals surface area contributed by atoms with Crippen molar-refractivity contribution < 1.29 is 4.79 Å². The zero-order chi connectivity index (χ0) is 13.0. The average molecular weight is 260 g/mol. The molecule has 3 heteroatoms. The summed E-state index contributed by atoms with van der Waals surface area (Å²) in [6, 6.07) is 15.5. The summed E-state index contributed by atoms with van der Waals surface area (Å²) in [4.78, 5) is 12.7. The molecule has 2 nitrogen and oxygen atoms in total. The lowest BCUT2D eigenvalue weighted by Crippen LogP contribution is -2.16. The van der Waals surface area contributed by atoms with Crippen LogP contribution in [0, 0.1) is 0 Å². The first-order valence-electron chi connectivity index (χ1n) is 5.70. The number of hydrogen-bond acceptors (Lipinski definition) is 2. The summed E-state index contributed by atoms with van der Waals surface area (Å²) in [6.07, 6.45) is 0.798. The van der Waals surface area contributed by atoms with Crippen molar-refractivity contribution in [1.29, 1.82) is 0 Å². The predicted molar refractivity (Wildman–Crippen MR) is 75.4 cm³/mol. The van der Waals surface area contributed by atoms with Crippen LogP contribution in [0.3, 0.4) is 0 Å². The van der Waals surface area contributed by atoms with Crippen molar-refractivity contribution >= 4 is 23.6 Å². The highest BCUT2D eigenvalue weighted by Crippen LogP contribution is 2.26. The topological polar surface area (TPSA) is 20.3 Å². The molecule has 0 amide bonds. The Morgan fingerprint density at radius 1 is 1.17 bits per heavy atom. The second-order valence-electron chi connectivity index (χ2n) is 4.17. The molecular weight excluding hydrogens is 246 g/mol. The van der Waals surface area contributed by atoms with Crippen LogP contribution in [0.1, 0.15) is 15.9 Å². The maximum Gasteiger partial charge on any atom is 0.150 e. The Morgan fingerprint density at radius 2 is 1.89 bits per heavy atom. The minimum atomic E-state index is 0.594. The first-order chi connectivity index (χ1) is 8.70. The number of aldehydes is 1.